The minimum Gasteiger partial charge on any atom is -0.388 e. The third kappa shape index (κ3) is 1.34. The molecule has 0 aliphatic rings. The Hall–Kier alpha value is -1.60. The fraction of sp³-hybridized carbons (Fsp3) is 0.111. The minimum atomic E-state index is 0.517. The lowest BCUT2D eigenvalue weighted by atomic mass is 10.3. The van der Waals surface area contributed by atoms with Gasteiger partial charge in [0.15, 0.2) is 5.01 Å². The fourth-order valence-corrected chi connectivity index (χ4v) is 1.93. The third-order valence-corrected chi connectivity index (χ3v) is 2.70. The van der Waals surface area contributed by atoms with Gasteiger partial charge in [-0.1, -0.05) is 0 Å². The van der Waals surface area contributed by atoms with E-state index in [1.54, 1.807) is 0 Å². The predicted octanol–water partition coefficient (Wildman–Crippen LogP) is 2.21. The van der Waals surface area contributed by atoms with Gasteiger partial charge in [-0.05, 0) is 18.2 Å². The van der Waals surface area contributed by atoms with Crippen LogP contribution in [0.4, 0.5) is 5.69 Å². The van der Waals surface area contributed by atoms with Gasteiger partial charge in [0.1, 0.15) is 6.07 Å². The number of anilines is 1. The number of fused-ring (bicyclic) bond motifs is 1. The Balaban J connectivity index is 2.65. The highest BCUT2D eigenvalue weighted by Crippen LogP contribution is 2.24. The molecule has 64 valence electrons. The number of nitrogens with zero attached hydrogens (tertiary/aromatic N) is 2. The Morgan fingerprint density at radius 3 is 3.08 bits per heavy atom. The van der Waals surface area contributed by atoms with E-state index in [2.05, 4.69) is 10.3 Å². The van der Waals surface area contributed by atoms with E-state index in [1.165, 1.54) is 11.3 Å². The lowest BCUT2D eigenvalue weighted by Gasteiger charge is -1.96. The van der Waals surface area contributed by atoms with E-state index in [0.29, 0.717) is 5.01 Å². The van der Waals surface area contributed by atoms with Crippen LogP contribution in [-0.4, -0.2) is 12.0 Å². The molecule has 0 aliphatic heterocycles. The van der Waals surface area contributed by atoms with Crippen molar-refractivity contribution in [2.24, 2.45) is 0 Å². The summed E-state index contributed by atoms with van der Waals surface area (Å²) in [6.07, 6.45) is 0. The van der Waals surface area contributed by atoms with Crippen molar-refractivity contribution < 1.29 is 0 Å². The van der Waals surface area contributed by atoms with Gasteiger partial charge in [0.05, 0.1) is 10.2 Å². The Labute approximate surface area is 79.6 Å². The van der Waals surface area contributed by atoms with Crippen LogP contribution in [0.2, 0.25) is 0 Å². The van der Waals surface area contributed by atoms with Crippen molar-refractivity contribution in [2.45, 2.75) is 0 Å². The molecule has 1 N–H and O–H groups in total. The number of aromatic nitrogens is 1. The number of hydrogen-bond acceptors (Lipinski definition) is 4. The number of nitrogens with one attached hydrogen (secondary N) is 1. The van der Waals surface area contributed by atoms with Gasteiger partial charge in [-0.2, -0.15) is 5.26 Å². The molecule has 0 atom stereocenters. The van der Waals surface area contributed by atoms with Crippen molar-refractivity contribution in [2.75, 3.05) is 12.4 Å². The van der Waals surface area contributed by atoms with E-state index in [1.807, 2.05) is 31.3 Å². The van der Waals surface area contributed by atoms with Gasteiger partial charge >= 0.3 is 0 Å². The largest absolute Gasteiger partial charge is 0.388 e. The maximum Gasteiger partial charge on any atom is 0.195 e. The van der Waals surface area contributed by atoms with Crippen LogP contribution in [0.1, 0.15) is 5.01 Å². The second-order valence-electron chi connectivity index (χ2n) is 2.56. The van der Waals surface area contributed by atoms with Crippen LogP contribution >= 0.6 is 11.3 Å². The zero-order valence-corrected chi connectivity index (χ0v) is 7.85. The van der Waals surface area contributed by atoms with Gasteiger partial charge < -0.3 is 5.32 Å². The summed E-state index contributed by atoms with van der Waals surface area (Å²) < 4.78 is 1.04. The van der Waals surface area contributed by atoms with Gasteiger partial charge in [-0.3, -0.25) is 0 Å². The number of hydrogen-bond donors (Lipinski definition) is 1. The molecule has 2 rings (SSSR count). The van der Waals surface area contributed by atoms with Crippen LogP contribution < -0.4 is 5.32 Å². The molecule has 2 aromatic rings. The van der Waals surface area contributed by atoms with Gasteiger partial charge in [0.25, 0.3) is 0 Å². The minimum absolute atomic E-state index is 0.517. The highest BCUT2D eigenvalue weighted by molar-refractivity contribution is 7.19. The van der Waals surface area contributed by atoms with E-state index in [9.17, 15) is 0 Å². The molecule has 0 saturated heterocycles. The molecule has 1 heterocycles. The van der Waals surface area contributed by atoms with Gasteiger partial charge in [-0.15, -0.1) is 11.3 Å². The summed E-state index contributed by atoms with van der Waals surface area (Å²) in [7, 11) is 1.87. The molecule has 0 bridgehead atoms. The lowest BCUT2D eigenvalue weighted by molar-refractivity contribution is 1.40. The maximum atomic E-state index is 8.65. The first-order valence-electron chi connectivity index (χ1n) is 3.82. The number of nitriles is 1. The first kappa shape index (κ1) is 8.02. The summed E-state index contributed by atoms with van der Waals surface area (Å²) in [6.45, 7) is 0. The molecule has 0 amide bonds. The summed E-state index contributed by atoms with van der Waals surface area (Å²) in [5.41, 5.74) is 1.93. The van der Waals surface area contributed by atoms with E-state index in [-0.39, 0.29) is 0 Å². The van der Waals surface area contributed by atoms with Crippen LogP contribution in [0.15, 0.2) is 18.2 Å². The fourth-order valence-electron chi connectivity index (χ4n) is 1.13. The van der Waals surface area contributed by atoms with Crippen molar-refractivity contribution in [1.29, 1.82) is 5.26 Å². The summed E-state index contributed by atoms with van der Waals surface area (Å²) in [5.74, 6) is 0. The van der Waals surface area contributed by atoms with Crippen molar-refractivity contribution in [1.82, 2.24) is 4.98 Å². The van der Waals surface area contributed by atoms with Crippen LogP contribution in [-0.2, 0) is 0 Å². The SMILES string of the molecule is CNc1ccc2nc(C#N)sc2c1. The van der Waals surface area contributed by atoms with E-state index >= 15 is 0 Å². The average Bonchev–Trinajstić information content (AvgIpc) is 2.58. The number of benzene rings is 1. The molecule has 1 aromatic heterocycles. The molecule has 4 heteroatoms. The van der Waals surface area contributed by atoms with Gasteiger partial charge in [0.2, 0.25) is 0 Å². The van der Waals surface area contributed by atoms with E-state index in [0.717, 1.165) is 15.9 Å². The predicted molar refractivity (Wildman–Crippen MR) is 53.9 cm³/mol. The molecular formula is C9H7N3S. The molecule has 0 radical (unpaired) electrons. The molecular weight excluding hydrogens is 182 g/mol. The Morgan fingerprint density at radius 1 is 1.54 bits per heavy atom. The van der Waals surface area contributed by atoms with Gasteiger partial charge in [0, 0.05) is 12.7 Å². The first-order chi connectivity index (χ1) is 6.33. The third-order valence-electron chi connectivity index (χ3n) is 1.77. The van der Waals surface area contributed by atoms with Crippen LogP contribution in [0.3, 0.4) is 0 Å². The second kappa shape index (κ2) is 3.04. The zero-order chi connectivity index (χ0) is 9.26. The first-order valence-corrected chi connectivity index (χ1v) is 4.63. The maximum absolute atomic E-state index is 8.65. The van der Waals surface area contributed by atoms with Crippen LogP contribution in [0.25, 0.3) is 10.2 Å². The Morgan fingerprint density at radius 2 is 2.38 bits per heavy atom. The highest BCUT2D eigenvalue weighted by atomic mass is 32.1. The van der Waals surface area contributed by atoms with Gasteiger partial charge in [-0.25, -0.2) is 4.98 Å². The number of rotatable bonds is 1. The summed E-state index contributed by atoms with van der Waals surface area (Å²) in [6, 6.07) is 7.90. The van der Waals surface area contributed by atoms with E-state index < -0.39 is 0 Å². The number of thiazole rings is 1. The normalized spacial score (nSPS) is 9.85. The topological polar surface area (TPSA) is 48.7 Å². The molecule has 0 fully saturated rings. The molecule has 0 unspecified atom stereocenters. The van der Waals surface area contributed by atoms with Crippen molar-refractivity contribution >= 4 is 27.2 Å². The zero-order valence-electron chi connectivity index (χ0n) is 7.03. The summed E-state index contributed by atoms with van der Waals surface area (Å²) >= 11 is 1.41. The lowest BCUT2D eigenvalue weighted by Crippen LogP contribution is -1.85. The molecule has 13 heavy (non-hydrogen) atoms. The quantitative estimate of drug-likeness (QED) is 0.748. The smallest absolute Gasteiger partial charge is 0.195 e. The molecule has 0 saturated carbocycles. The van der Waals surface area contributed by atoms with Crippen LogP contribution in [0, 0.1) is 11.3 Å². The van der Waals surface area contributed by atoms with Crippen molar-refractivity contribution in [3.63, 3.8) is 0 Å². The van der Waals surface area contributed by atoms with Crippen molar-refractivity contribution in [3.05, 3.63) is 23.2 Å². The molecule has 0 spiro atoms. The van der Waals surface area contributed by atoms with E-state index in [4.69, 9.17) is 5.26 Å². The average molecular weight is 189 g/mol. The standard InChI is InChI=1S/C9H7N3S/c1-11-6-2-3-7-8(4-6)13-9(5-10)12-7/h2-4,11H,1H3. The molecule has 3 nitrogen and oxygen atoms in total. The summed E-state index contributed by atoms with van der Waals surface area (Å²) in [5, 5.41) is 12.2. The van der Waals surface area contributed by atoms with Crippen LogP contribution in [0.5, 0.6) is 0 Å². The molecule has 0 aliphatic carbocycles. The Bertz CT molecular complexity index is 481. The molecule has 1 aromatic carbocycles. The Kier molecular flexibility index (Phi) is 1.87. The summed E-state index contributed by atoms with van der Waals surface area (Å²) in [4.78, 5) is 4.14. The van der Waals surface area contributed by atoms with Crippen molar-refractivity contribution in [3.8, 4) is 6.07 Å². The highest BCUT2D eigenvalue weighted by Gasteiger charge is 2.02. The monoisotopic (exact) mass is 189 g/mol. The second-order valence-corrected chi connectivity index (χ2v) is 3.59.